The number of aliphatic hydroxyl groups excluding tert-OH is 2. The normalized spacial score (nSPS) is 47.1. The molecule has 2 saturated heterocycles. The molecule has 4 aliphatic carbocycles. The number of anilines is 1. The third-order valence-electron chi connectivity index (χ3n) is 11.8. The average Bonchev–Trinajstić information content (AvgIpc) is 3.41. The van der Waals surface area contributed by atoms with Crippen molar-refractivity contribution in [2.75, 3.05) is 19.8 Å². The van der Waals surface area contributed by atoms with Crippen LogP contribution in [0.25, 0.3) is 16.3 Å². The molecule has 2 saturated carbocycles. The van der Waals surface area contributed by atoms with Crippen LogP contribution >= 0.6 is 0 Å². The SMILES string of the molecule is CN(C)[C@H]1C[C@@]23CC[C@@]4(O2)C(=CC[C@]2(C)C(c5ccc6ccnc(N)c6c5)=CCC24)C2CC23[C@@H](O)[C@@H]1O. The fourth-order valence-corrected chi connectivity index (χ4v) is 9.99. The molecule has 4 N–H and O–H groups in total. The van der Waals surface area contributed by atoms with Crippen molar-refractivity contribution < 1.29 is 14.9 Å². The molecule has 9 atom stereocenters. The highest BCUT2D eigenvalue weighted by atomic mass is 16.5. The maximum Gasteiger partial charge on any atom is 0.131 e. The highest BCUT2D eigenvalue weighted by Gasteiger charge is 2.84. The van der Waals surface area contributed by atoms with Crippen LogP contribution in [-0.4, -0.2) is 63.6 Å². The van der Waals surface area contributed by atoms with E-state index in [9.17, 15) is 10.2 Å². The third-order valence-corrected chi connectivity index (χ3v) is 11.8. The van der Waals surface area contributed by atoms with E-state index in [0.717, 1.165) is 49.3 Å². The molecule has 1 aromatic carbocycles. The van der Waals surface area contributed by atoms with Gasteiger partial charge in [-0.25, -0.2) is 4.98 Å². The quantitative estimate of drug-likeness (QED) is 0.543. The number of likely N-dealkylation sites (N-methyl/N-ethyl adjacent to an activating group) is 1. The van der Waals surface area contributed by atoms with Crippen molar-refractivity contribution in [1.29, 1.82) is 0 Å². The Morgan fingerprint density at radius 3 is 2.76 bits per heavy atom. The number of hydrogen-bond donors (Lipinski definition) is 3. The monoisotopic (exact) mass is 499 g/mol. The van der Waals surface area contributed by atoms with Gasteiger partial charge >= 0.3 is 0 Å². The van der Waals surface area contributed by atoms with E-state index in [4.69, 9.17) is 10.5 Å². The summed E-state index contributed by atoms with van der Waals surface area (Å²) in [6, 6.07) is 8.55. The van der Waals surface area contributed by atoms with Crippen molar-refractivity contribution in [2.24, 2.45) is 22.7 Å². The van der Waals surface area contributed by atoms with Crippen LogP contribution in [0.2, 0.25) is 0 Å². The summed E-state index contributed by atoms with van der Waals surface area (Å²) in [5.74, 6) is 1.28. The van der Waals surface area contributed by atoms with E-state index in [1.54, 1.807) is 6.20 Å². The number of fused-ring (bicyclic) bond motifs is 3. The molecular weight excluding hydrogens is 462 g/mol. The molecule has 0 amide bonds. The van der Waals surface area contributed by atoms with Crippen LogP contribution in [0.5, 0.6) is 0 Å². The number of nitrogen functional groups attached to an aromatic ring is 1. The average molecular weight is 500 g/mol. The van der Waals surface area contributed by atoms with E-state index >= 15 is 0 Å². The van der Waals surface area contributed by atoms with E-state index in [0.29, 0.717) is 17.7 Å². The van der Waals surface area contributed by atoms with Gasteiger partial charge in [-0.15, -0.1) is 0 Å². The molecule has 0 radical (unpaired) electrons. The number of hydrogen-bond acceptors (Lipinski definition) is 6. The summed E-state index contributed by atoms with van der Waals surface area (Å²) in [6.07, 6.45) is 10.9. The predicted octanol–water partition coefficient (Wildman–Crippen LogP) is 3.92. The second kappa shape index (κ2) is 6.84. The number of ether oxygens (including phenoxy) is 1. The lowest BCUT2D eigenvalue weighted by molar-refractivity contribution is -0.248. The topological polar surface area (TPSA) is 91.8 Å². The van der Waals surface area contributed by atoms with Gasteiger partial charge < -0.3 is 25.6 Å². The minimum atomic E-state index is -0.738. The fourth-order valence-electron chi connectivity index (χ4n) is 9.99. The Hall–Kier alpha value is -2.25. The molecule has 37 heavy (non-hydrogen) atoms. The molecule has 2 aliphatic heterocycles. The maximum absolute atomic E-state index is 11.5. The predicted molar refractivity (Wildman–Crippen MR) is 143 cm³/mol. The number of benzene rings is 1. The van der Waals surface area contributed by atoms with Crippen LogP contribution in [0.15, 0.2) is 48.2 Å². The first-order chi connectivity index (χ1) is 17.7. The van der Waals surface area contributed by atoms with Crippen molar-refractivity contribution in [3.05, 3.63) is 53.8 Å². The van der Waals surface area contributed by atoms with Crippen molar-refractivity contribution in [3.63, 3.8) is 0 Å². The van der Waals surface area contributed by atoms with Crippen LogP contribution in [0.1, 0.15) is 51.0 Å². The van der Waals surface area contributed by atoms with Crippen LogP contribution in [0.3, 0.4) is 0 Å². The highest BCUT2D eigenvalue weighted by molar-refractivity contribution is 5.94. The lowest BCUT2D eigenvalue weighted by Gasteiger charge is -2.59. The Balaban J connectivity index is 1.21. The fraction of sp³-hybridized carbons (Fsp3) is 0.581. The van der Waals surface area contributed by atoms with Gasteiger partial charge in [0.2, 0.25) is 0 Å². The molecule has 6 nitrogen and oxygen atoms in total. The van der Waals surface area contributed by atoms with Crippen molar-refractivity contribution >= 4 is 22.2 Å². The van der Waals surface area contributed by atoms with Crippen molar-refractivity contribution in [2.45, 2.75) is 74.9 Å². The Morgan fingerprint density at radius 2 is 1.95 bits per heavy atom. The van der Waals surface area contributed by atoms with Gasteiger partial charge in [0.1, 0.15) is 5.82 Å². The zero-order chi connectivity index (χ0) is 25.5. The van der Waals surface area contributed by atoms with E-state index < -0.39 is 12.2 Å². The van der Waals surface area contributed by atoms with Crippen molar-refractivity contribution in [1.82, 2.24) is 9.88 Å². The minimum Gasteiger partial charge on any atom is -0.390 e. The van der Waals surface area contributed by atoms with Gasteiger partial charge in [-0.3, -0.25) is 0 Å². The number of aromatic nitrogens is 1. The molecule has 194 valence electrons. The molecular formula is C31H37N3O3. The van der Waals surface area contributed by atoms with Crippen LogP contribution < -0.4 is 5.73 Å². The van der Waals surface area contributed by atoms with E-state index in [1.807, 2.05) is 20.2 Å². The van der Waals surface area contributed by atoms with E-state index in [-0.39, 0.29) is 28.1 Å². The second-order valence-corrected chi connectivity index (χ2v) is 13.3. The van der Waals surface area contributed by atoms with Crippen LogP contribution in [-0.2, 0) is 4.74 Å². The smallest absolute Gasteiger partial charge is 0.131 e. The molecule has 3 unspecified atom stereocenters. The highest BCUT2D eigenvalue weighted by Crippen LogP contribution is 2.81. The zero-order valence-corrected chi connectivity index (χ0v) is 21.9. The number of nitrogens with two attached hydrogens (primary N) is 1. The van der Waals surface area contributed by atoms with Crippen LogP contribution in [0, 0.1) is 22.7 Å². The molecule has 6 heteroatoms. The summed E-state index contributed by atoms with van der Waals surface area (Å²) in [5.41, 5.74) is 9.34. The number of allylic oxidation sites excluding steroid dienone is 3. The second-order valence-electron chi connectivity index (χ2n) is 13.3. The Kier molecular flexibility index (Phi) is 4.20. The van der Waals surface area contributed by atoms with Gasteiger partial charge in [-0.1, -0.05) is 31.2 Å². The largest absolute Gasteiger partial charge is 0.390 e. The first-order valence-electron chi connectivity index (χ1n) is 14.0. The maximum atomic E-state index is 11.5. The summed E-state index contributed by atoms with van der Waals surface area (Å²) >= 11 is 0. The summed E-state index contributed by atoms with van der Waals surface area (Å²) in [4.78, 5) is 6.40. The molecule has 2 bridgehead atoms. The minimum absolute atomic E-state index is 0.0255. The number of nitrogens with zero attached hydrogens (tertiary/aromatic N) is 2. The molecule has 3 heterocycles. The lowest BCUT2D eigenvalue weighted by atomic mass is 9.57. The van der Waals surface area contributed by atoms with Gasteiger partial charge in [-0.2, -0.15) is 0 Å². The van der Waals surface area contributed by atoms with Gasteiger partial charge in [0.25, 0.3) is 0 Å². The van der Waals surface area contributed by atoms with E-state index in [2.05, 4.69) is 47.2 Å². The summed E-state index contributed by atoms with van der Waals surface area (Å²) in [5, 5.41) is 24.8. The van der Waals surface area contributed by atoms with Gasteiger partial charge in [-0.05, 0) is 92.8 Å². The first kappa shape index (κ1) is 22.7. The molecule has 3 spiro atoms. The standard InChI is InChI=1S/C31H37N3O3/c1-28-10-8-21-22-15-30(22)26(36)25(35)23(34(2)3)16-29(30)11-12-31(21,37-29)24(28)7-6-20(28)18-5-4-17-9-13-33-27(32)19(17)14-18/h4-6,8-9,13-14,22-26,35-36H,7,10-12,15-16H2,1-3H3,(H2,32,33)/t22?,23-,24?,25+,26-,28+,29+,30?,31+/m0/s1. The summed E-state index contributed by atoms with van der Waals surface area (Å²) in [6.45, 7) is 2.43. The number of rotatable bonds is 2. The summed E-state index contributed by atoms with van der Waals surface area (Å²) in [7, 11) is 4.02. The van der Waals surface area contributed by atoms with E-state index in [1.165, 1.54) is 16.7 Å². The number of aliphatic hydroxyl groups is 2. The molecule has 4 fully saturated rings. The number of pyridine rings is 1. The molecule has 2 aromatic rings. The third kappa shape index (κ3) is 2.45. The van der Waals surface area contributed by atoms with Gasteiger partial charge in [0, 0.05) is 34.4 Å². The van der Waals surface area contributed by atoms with Gasteiger partial charge in [0.05, 0.1) is 23.4 Å². The molecule has 8 rings (SSSR count). The first-order valence-corrected chi connectivity index (χ1v) is 14.0. The van der Waals surface area contributed by atoms with Crippen molar-refractivity contribution in [3.8, 4) is 0 Å². The Bertz CT molecular complexity index is 1420. The Morgan fingerprint density at radius 1 is 1.11 bits per heavy atom. The molecule has 6 aliphatic rings. The molecule has 1 aromatic heterocycles. The zero-order valence-electron chi connectivity index (χ0n) is 21.9. The lowest BCUT2D eigenvalue weighted by Crippen LogP contribution is -2.67. The summed E-state index contributed by atoms with van der Waals surface area (Å²) < 4.78 is 7.45. The van der Waals surface area contributed by atoms with Crippen LogP contribution in [0.4, 0.5) is 5.82 Å². The van der Waals surface area contributed by atoms with Gasteiger partial charge in [0.15, 0.2) is 0 Å². The Labute approximate surface area is 218 Å².